The molecule has 1 aromatic heterocycles. The number of ether oxygens (including phenoxy) is 2. The predicted octanol–water partition coefficient (Wildman–Crippen LogP) is 3.62. The summed E-state index contributed by atoms with van der Waals surface area (Å²) in [6, 6.07) is 15.4. The van der Waals surface area contributed by atoms with Crippen LogP contribution in [0.3, 0.4) is 0 Å². The summed E-state index contributed by atoms with van der Waals surface area (Å²) < 4.78 is 15.0. The topological polar surface area (TPSA) is 98.1 Å². The van der Waals surface area contributed by atoms with Crippen molar-refractivity contribution in [2.24, 2.45) is 0 Å². The second kappa shape index (κ2) is 8.35. The lowest BCUT2D eigenvalue weighted by atomic mass is 10.1. The zero-order chi connectivity index (χ0) is 22.0. The zero-order valence-corrected chi connectivity index (χ0v) is 17.0. The minimum Gasteiger partial charge on any atom is -0.467 e. The molecule has 0 spiro atoms. The van der Waals surface area contributed by atoms with Crippen molar-refractivity contribution in [2.45, 2.75) is 12.7 Å². The van der Waals surface area contributed by atoms with Crippen LogP contribution < -0.4 is 5.32 Å². The number of fused-ring (bicyclic) bond motifs is 1. The zero-order valence-electron chi connectivity index (χ0n) is 17.0. The third kappa shape index (κ3) is 3.87. The maximum absolute atomic E-state index is 13.1. The van der Waals surface area contributed by atoms with Crippen LogP contribution >= 0.6 is 0 Å². The number of amides is 1. The molecule has 8 heteroatoms. The first kappa shape index (κ1) is 20.2. The van der Waals surface area contributed by atoms with Crippen LogP contribution in [0.4, 0.5) is 5.69 Å². The first-order chi connectivity index (χ1) is 15.0. The average Bonchev–Trinajstić information content (AvgIpc) is 3.41. The summed E-state index contributed by atoms with van der Waals surface area (Å²) in [5.41, 5.74) is 2.18. The standard InChI is InChI=1S/C23H20N2O6/c1-29-22(27)14-10-15(23(28)30-2)12-16(11-14)24-20-18-7-3-4-8-19(18)21(26)25(20)13-17-6-5-9-31-17/h3-12,20,24H,13H2,1-2H3/t20-/m1/s1. The molecule has 4 rings (SSSR count). The van der Waals surface area contributed by atoms with E-state index < -0.39 is 18.1 Å². The van der Waals surface area contributed by atoms with Gasteiger partial charge in [-0.15, -0.1) is 0 Å². The number of carbonyl (C=O) groups excluding carboxylic acids is 3. The van der Waals surface area contributed by atoms with Crippen molar-refractivity contribution in [3.63, 3.8) is 0 Å². The molecule has 2 aromatic carbocycles. The van der Waals surface area contributed by atoms with Gasteiger partial charge in [0.15, 0.2) is 0 Å². The van der Waals surface area contributed by atoms with E-state index in [1.807, 2.05) is 12.1 Å². The van der Waals surface area contributed by atoms with Crippen LogP contribution in [0.5, 0.6) is 0 Å². The fourth-order valence-electron chi connectivity index (χ4n) is 3.60. The van der Waals surface area contributed by atoms with Crippen molar-refractivity contribution in [1.29, 1.82) is 0 Å². The van der Waals surface area contributed by atoms with E-state index in [-0.39, 0.29) is 23.6 Å². The summed E-state index contributed by atoms with van der Waals surface area (Å²) in [6.07, 6.45) is 1.01. The molecular weight excluding hydrogens is 400 g/mol. The Hall–Kier alpha value is -4.07. The van der Waals surface area contributed by atoms with Crippen molar-refractivity contribution >= 4 is 23.5 Å². The Morgan fingerprint density at radius 1 is 1.00 bits per heavy atom. The molecule has 1 aliphatic heterocycles. The van der Waals surface area contributed by atoms with Gasteiger partial charge in [-0.2, -0.15) is 0 Å². The van der Waals surface area contributed by atoms with E-state index in [4.69, 9.17) is 13.9 Å². The number of methoxy groups -OCH3 is 2. The monoisotopic (exact) mass is 420 g/mol. The second-order valence-electron chi connectivity index (χ2n) is 6.93. The average molecular weight is 420 g/mol. The number of nitrogens with zero attached hydrogens (tertiary/aromatic N) is 1. The molecule has 2 heterocycles. The summed E-state index contributed by atoms with van der Waals surface area (Å²) in [7, 11) is 2.52. The highest BCUT2D eigenvalue weighted by Crippen LogP contribution is 2.36. The number of benzene rings is 2. The molecule has 0 radical (unpaired) electrons. The normalized spacial score (nSPS) is 14.8. The number of carbonyl (C=O) groups is 3. The molecule has 0 fully saturated rings. The molecule has 158 valence electrons. The van der Waals surface area contributed by atoms with Crippen molar-refractivity contribution in [3.05, 3.63) is 88.9 Å². The number of nitrogens with one attached hydrogen (secondary N) is 1. The van der Waals surface area contributed by atoms with Gasteiger partial charge in [0.25, 0.3) is 5.91 Å². The van der Waals surface area contributed by atoms with E-state index >= 15 is 0 Å². The SMILES string of the molecule is COC(=O)c1cc(N[C@H]2c3ccccc3C(=O)N2Cc2ccco2)cc(C(=O)OC)c1. The van der Waals surface area contributed by atoms with Gasteiger partial charge in [-0.25, -0.2) is 9.59 Å². The van der Waals surface area contributed by atoms with Gasteiger partial charge < -0.3 is 24.1 Å². The van der Waals surface area contributed by atoms with E-state index in [0.29, 0.717) is 17.0 Å². The van der Waals surface area contributed by atoms with Gasteiger partial charge in [0.1, 0.15) is 11.9 Å². The Balaban J connectivity index is 1.74. The lowest BCUT2D eigenvalue weighted by Gasteiger charge is -2.26. The van der Waals surface area contributed by atoms with Gasteiger partial charge in [0, 0.05) is 16.8 Å². The summed E-state index contributed by atoms with van der Waals surface area (Å²) in [6.45, 7) is 0.249. The molecule has 1 N–H and O–H groups in total. The van der Waals surface area contributed by atoms with Gasteiger partial charge in [0.2, 0.25) is 0 Å². The molecule has 1 atom stereocenters. The highest BCUT2D eigenvalue weighted by atomic mass is 16.5. The molecular formula is C23H20N2O6. The number of rotatable bonds is 6. The first-order valence-electron chi connectivity index (χ1n) is 9.52. The Morgan fingerprint density at radius 3 is 2.29 bits per heavy atom. The Bertz CT molecular complexity index is 1100. The third-order valence-electron chi connectivity index (χ3n) is 5.04. The predicted molar refractivity (Wildman–Crippen MR) is 111 cm³/mol. The van der Waals surface area contributed by atoms with Gasteiger partial charge in [-0.05, 0) is 36.4 Å². The molecule has 0 bridgehead atoms. The van der Waals surface area contributed by atoms with Crippen molar-refractivity contribution in [3.8, 4) is 0 Å². The van der Waals surface area contributed by atoms with Crippen LogP contribution in [0.1, 0.15) is 48.6 Å². The number of esters is 2. The molecule has 3 aromatic rings. The van der Waals surface area contributed by atoms with E-state index in [9.17, 15) is 14.4 Å². The number of furan rings is 1. The van der Waals surface area contributed by atoms with E-state index in [1.54, 1.807) is 47.6 Å². The Kier molecular flexibility index (Phi) is 5.44. The second-order valence-corrected chi connectivity index (χ2v) is 6.93. The Morgan fingerprint density at radius 2 is 1.68 bits per heavy atom. The minimum absolute atomic E-state index is 0.151. The van der Waals surface area contributed by atoms with Gasteiger partial charge >= 0.3 is 11.9 Å². The highest BCUT2D eigenvalue weighted by molar-refractivity contribution is 6.00. The fourth-order valence-corrected chi connectivity index (χ4v) is 3.60. The molecule has 0 saturated carbocycles. The molecule has 0 aliphatic carbocycles. The van der Waals surface area contributed by atoms with Gasteiger partial charge in [-0.3, -0.25) is 4.79 Å². The van der Waals surface area contributed by atoms with Crippen LogP contribution in [0.15, 0.2) is 65.3 Å². The van der Waals surface area contributed by atoms with Gasteiger partial charge in [-0.1, -0.05) is 18.2 Å². The minimum atomic E-state index is -0.593. The van der Waals surface area contributed by atoms with E-state index in [0.717, 1.165) is 5.56 Å². The lowest BCUT2D eigenvalue weighted by molar-refractivity contribution is 0.0597. The molecule has 1 aliphatic rings. The quantitative estimate of drug-likeness (QED) is 0.608. The molecule has 1 amide bonds. The van der Waals surface area contributed by atoms with Crippen LogP contribution in [-0.4, -0.2) is 37.0 Å². The summed E-state index contributed by atoms with van der Waals surface area (Å²) in [4.78, 5) is 38.9. The van der Waals surface area contributed by atoms with Gasteiger partial charge in [0.05, 0.1) is 38.2 Å². The largest absolute Gasteiger partial charge is 0.467 e. The highest BCUT2D eigenvalue weighted by Gasteiger charge is 2.37. The molecule has 8 nitrogen and oxygen atoms in total. The number of hydrogen-bond donors (Lipinski definition) is 1. The Labute approximate surface area is 178 Å². The number of anilines is 1. The third-order valence-corrected chi connectivity index (χ3v) is 5.04. The fraction of sp³-hybridized carbons (Fsp3) is 0.174. The first-order valence-corrected chi connectivity index (χ1v) is 9.52. The summed E-state index contributed by atoms with van der Waals surface area (Å²) >= 11 is 0. The lowest BCUT2D eigenvalue weighted by Crippen LogP contribution is -2.31. The van der Waals surface area contributed by atoms with Crippen molar-refractivity contribution in [1.82, 2.24) is 4.90 Å². The summed E-state index contributed by atoms with van der Waals surface area (Å²) in [5.74, 6) is -0.707. The smallest absolute Gasteiger partial charge is 0.337 e. The van der Waals surface area contributed by atoms with Crippen LogP contribution in [0, 0.1) is 0 Å². The molecule has 0 saturated heterocycles. The van der Waals surface area contributed by atoms with E-state index in [1.165, 1.54) is 20.3 Å². The molecule has 31 heavy (non-hydrogen) atoms. The van der Waals surface area contributed by atoms with Crippen molar-refractivity contribution < 1.29 is 28.3 Å². The maximum atomic E-state index is 13.1. The van der Waals surface area contributed by atoms with Crippen molar-refractivity contribution in [2.75, 3.05) is 19.5 Å². The van der Waals surface area contributed by atoms with E-state index in [2.05, 4.69) is 5.32 Å². The molecule has 0 unspecified atom stereocenters. The van der Waals surface area contributed by atoms with Crippen LogP contribution in [0.25, 0.3) is 0 Å². The summed E-state index contributed by atoms with van der Waals surface area (Å²) in [5, 5.41) is 3.28. The maximum Gasteiger partial charge on any atom is 0.337 e. The van der Waals surface area contributed by atoms with Crippen LogP contribution in [0.2, 0.25) is 0 Å². The van der Waals surface area contributed by atoms with Crippen LogP contribution in [-0.2, 0) is 16.0 Å². The number of hydrogen-bond acceptors (Lipinski definition) is 7.